The molecule has 158 valence electrons. The number of likely N-dealkylation sites (tertiary alicyclic amines) is 1. The summed E-state index contributed by atoms with van der Waals surface area (Å²) in [4.78, 5) is 12.9. The minimum absolute atomic E-state index is 0. The molecule has 3 rings (SSSR count). The predicted octanol–water partition coefficient (Wildman–Crippen LogP) is 3.55. The second-order valence-electron chi connectivity index (χ2n) is 6.64. The van der Waals surface area contributed by atoms with E-state index in [0.717, 1.165) is 11.6 Å². The average molecular weight is 430 g/mol. The molecule has 2 atom stereocenters. The van der Waals surface area contributed by atoms with E-state index in [4.69, 9.17) is 10.5 Å². The maximum atomic E-state index is 12.6. The van der Waals surface area contributed by atoms with Crippen molar-refractivity contribution < 1.29 is 23.2 Å². The molecule has 2 aromatic carbocycles. The van der Waals surface area contributed by atoms with E-state index < -0.39 is 11.5 Å². The fraction of sp³-hybridized carbons (Fsp3) is 0.368. The maximum Gasteiger partial charge on any atom is 0.387 e. The van der Waals surface area contributed by atoms with Gasteiger partial charge in [-0.1, -0.05) is 30.3 Å². The molecule has 1 fully saturated rings. The van der Waals surface area contributed by atoms with Crippen LogP contribution in [0.5, 0.6) is 11.5 Å². The third kappa shape index (κ3) is 5.31. The molecule has 0 aromatic heterocycles. The summed E-state index contributed by atoms with van der Waals surface area (Å²) in [6, 6.07) is 12.1. The van der Waals surface area contributed by atoms with Crippen molar-refractivity contribution in [2.75, 3.05) is 20.2 Å². The number of halogens is 3. The highest BCUT2D eigenvalue weighted by Gasteiger charge is 2.32. The summed E-state index contributed by atoms with van der Waals surface area (Å²) in [7, 11) is 1.29. The van der Waals surface area contributed by atoms with Crippen LogP contribution in [0.3, 0.4) is 0 Å². The first-order valence-electron chi connectivity index (χ1n) is 8.72. The standard InChI is InChI=1S/C19H21F2N3O4.ClH/c1-27-17-7-13(16(24(25)26)8-18(17)28-19(20)21)9-23-10-14(15(22)11-23)12-5-3-2-4-6-12;/h2-8,14-15,19H,9-11,22H2,1H3;1H/t14-,15+;/m0./s1. The molecule has 10 heteroatoms. The highest BCUT2D eigenvalue weighted by atomic mass is 35.5. The Labute approximate surface area is 173 Å². The van der Waals surface area contributed by atoms with Crippen LogP contribution in [0.25, 0.3) is 0 Å². The Bertz CT molecular complexity index is 842. The molecule has 0 spiro atoms. The monoisotopic (exact) mass is 429 g/mol. The van der Waals surface area contributed by atoms with Crippen LogP contribution in [0.15, 0.2) is 42.5 Å². The van der Waals surface area contributed by atoms with Crippen LogP contribution < -0.4 is 15.2 Å². The smallest absolute Gasteiger partial charge is 0.387 e. The van der Waals surface area contributed by atoms with Gasteiger partial charge in [0.25, 0.3) is 5.69 Å². The summed E-state index contributed by atoms with van der Waals surface area (Å²) in [5.74, 6) is -0.235. The van der Waals surface area contributed by atoms with Crippen molar-refractivity contribution in [2.45, 2.75) is 25.1 Å². The van der Waals surface area contributed by atoms with E-state index in [1.165, 1.54) is 13.2 Å². The Morgan fingerprint density at radius 3 is 2.52 bits per heavy atom. The van der Waals surface area contributed by atoms with E-state index in [0.29, 0.717) is 18.7 Å². The molecule has 1 aliphatic rings. The summed E-state index contributed by atoms with van der Waals surface area (Å²) in [5.41, 5.74) is 7.45. The topological polar surface area (TPSA) is 90.9 Å². The van der Waals surface area contributed by atoms with Crippen LogP contribution in [-0.2, 0) is 6.54 Å². The van der Waals surface area contributed by atoms with Gasteiger partial charge in [0.1, 0.15) is 0 Å². The van der Waals surface area contributed by atoms with Gasteiger partial charge in [-0.15, -0.1) is 12.4 Å². The molecule has 0 bridgehead atoms. The summed E-state index contributed by atoms with van der Waals surface area (Å²) in [5, 5.41) is 11.5. The Balaban J connectivity index is 0.00000300. The van der Waals surface area contributed by atoms with Gasteiger partial charge < -0.3 is 15.2 Å². The first kappa shape index (κ1) is 22.8. The number of methoxy groups -OCH3 is 1. The second kappa shape index (κ2) is 9.82. The average Bonchev–Trinajstić information content (AvgIpc) is 3.02. The molecule has 1 saturated heterocycles. The molecular weight excluding hydrogens is 408 g/mol. The lowest BCUT2D eigenvalue weighted by molar-refractivity contribution is -0.385. The molecule has 2 aromatic rings. The second-order valence-corrected chi connectivity index (χ2v) is 6.64. The summed E-state index contributed by atoms with van der Waals surface area (Å²) in [6.45, 7) is -1.66. The molecule has 0 radical (unpaired) electrons. The zero-order valence-electron chi connectivity index (χ0n) is 15.7. The lowest BCUT2D eigenvalue weighted by atomic mass is 9.95. The summed E-state index contributed by atoms with van der Waals surface area (Å²) in [6.07, 6.45) is 0. The van der Waals surface area contributed by atoms with Crippen molar-refractivity contribution in [3.8, 4) is 11.5 Å². The van der Waals surface area contributed by atoms with Gasteiger partial charge in [-0.3, -0.25) is 15.0 Å². The van der Waals surface area contributed by atoms with E-state index in [2.05, 4.69) is 4.74 Å². The van der Waals surface area contributed by atoms with Crippen LogP contribution in [-0.4, -0.2) is 42.7 Å². The molecule has 2 N–H and O–H groups in total. The first-order valence-corrected chi connectivity index (χ1v) is 8.72. The molecule has 0 aliphatic carbocycles. The van der Waals surface area contributed by atoms with Crippen molar-refractivity contribution >= 4 is 18.1 Å². The van der Waals surface area contributed by atoms with Crippen LogP contribution in [0.4, 0.5) is 14.5 Å². The minimum atomic E-state index is -3.11. The fourth-order valence-corrected chi connectivity index (χ4v) is 3.57. The maximum absolute atomic E-state index is 12.6. The first-order chi connectivity index (χ1) is 13.4. The van der Waals surface area contributed by atoms with Crippen molar-refractivity contribution in [3.63, 3.8) is 0 Å². The van der Waals surface area contributed by atoms with Gasteiger partial charge in [-0.2, -0.15) is 8.78 Å². The van der Waals surface area contributed by atoms with Crippen molar-refractivity contribution in [2.24, 2.45) is 5.73 Å². The number of nitro benzene ring substituents is 1. The lowest BCUT2D eigenvalue weighted by Crippen LogP contribution is -2.28. The van der Waals surface area contributed by atoms with Crippen LogP contribution in [0, 0.1) is 10.1 Å². The number of nitrogens with two attached hydrogens (primary N) is 1. The third-order valence-corrected chi connectivity index (χ3v) is 4.84. The number of nitro groups is 1. The molecule has 1 heterocycles. The quantitative estimate of drug-likeness (QED) is 0.534. The fourth-order valence-electron chi connectivity index (χ4n) is 3.57. The SMILES string of the molecule is COc1cc(CN2C[C@@H](N)[C@H](c3ccccc3)C2)c([N+](=O)[O-])cc1OC(F)F.Cl. The van der Waals surface area contributed by atoms with Gasteiger partial charge in [0.05, 0.1) is 18.1 Å². The van der Waals surface area contributed by atoms with E-state index in [1.54, 1.807) is 0 Å². The van der Waals surface area contributed by atoms with Crippen LogP contribution >= 0.6 is 12.4 Å². The van der Waals surface area contributed by atoms with Gasteiger partial charge in [-0.05, 0) is 11.6 Å². The third-order valence-electron chi connectivity index (χ3n) is 4.84. The molecule has 0 amide bonds. The minimum Gasteiger partial charge on any atom is -0.493 e. The normalized spacial score (nSPS) is 19.1. The number of hydrogen-bond acceptors (Lipinski definition) is 6. The summed E-state index contributed by atoms with van der Waals surface area (Å²) >= 11 is 0. The number of benzene rings is 2. The Morgan fingerprint density at radius 2 is 1.93 bits per heavy atom. The lowest BCUT2D eigenvalue weighted by Gasteiger charge is -2.18. The van der Waals surface area contributed by atoms with E-state index in [1.807, 2.05) is 35.2 Å². The van der Waals surface area contributed by atoms with Gasteiger partial charge >= 0.3 is 6.61 Å². The van der Waals surface area contributed by atoms with Crippen LogP contribution in [0.1, 0.15) is 17.0 Å². The Hall–Kier alpha value is -2.49. The Morgan fingerprint density at radius 1 is 1.24 bits per heavy atom. The number of nitrogens with zero attached hydrogens (tertiary/aromatic N) is 2. The van der Waals surface area contributed by atoms with Crippen molar-refractivity contribution in [1.29, 1.82) is 0 Å². The number of alkyl halides is 2. The van der Waals surface area contributed by atoms with Crippen molar-refractivity contribution in [3.05, 3.63) is 63.7 Å². The zero-order chi connectivity index (χ0) is 20.3. The van der Waals surface area contributed by atoms with Gasteiger partial charge in [0.15, 0.2) is 11.5 Å². The number of ether oxygens (including phenoxy) is 2. The van der Waals surface area contributed by atoms with Crippen molar-refractivity contribution in [1.82, 2.24) is 4.90 Å². The zero-order valence-corrected chi connectivity index (χ0v) is 16.5. The largest absolute Gasteiger partial charge is 0.493 e. The number of hydrogen-bond donors (Lipinski definition) is 1. The molecule has 7 nitrogen and oxygen atoms in total. The highest BCUT2D eigenvalue weighted by Crippen LogP contribution is 2.37. The van der Waals surface area contributed by atoms with Crippen LogP contribution in [0.2, 0.25) is 0 Å². The Kier molecular flexibility index (Phi) is 7.72. The van der Waals surface area contributed by atoms with Gasteiger partial charge in [0.2, 0.25) is 0 Å². The van der Waals surface area contributed by atoms with E-state index in [-0.39, 0.29) is 48.1 Å². The van der Waals surface area contributed by atoms with E-state index >= 15 is 0 Å². The van der Waals surface area contributed by atoms with Gasteiger partial charge in [0, 0.05) is 37.2 Å². The highest BCUT2D eigenvalue weighted by molar-refractivity contribution is 5.85. The molecule has 0 unspecified atom stereocenters. The summed E-state index contributed by atoms with van der Waals surface area (Å²) < 4.78 is 34.6. The molecule has 1 aliphatic heterocycles. The molecule has 0 saturated carbocycles. The molecule has 29 heavy (non-hydrogen) atoms. The van der Waals surface area contributed by atoms with Gasteiger partial charge in [-0.25, -0.2) is 0 Å². The predicted molar refractivity (Wildman–Crippen MR) is 106 cm³/mol. The number of rotatable bonds is 7. The molecular formula is C19H22ClF2N3O4. The van der Waals surface area contributed by atoms with E-state index in [9.17, 15) is 18.9 Å².